The molecule has 0 amide bonds. The van der Waals surface area contributed by atoms with Gasteiger partial charge in [0.15, 0.2) is 10.1 Å². The summed E-state index contributed by atoms with van der Waals surface area (Å²) in [6, 6.07) is 0. The Bertz CT molecular complexity index is 226. The van der Waals surface area contributed by atoms with E-state index >= 15 is 0 Å². The van der Waals surface area contributed by atoms with Crippen LogP contribution < -0.4 is 0 Å². The van der Waals surface area contributed by atoms with Crippen molar-refractivity contribution >= 4 is 0 Å². The van der Waals surface area contributed by atoms with Crippen molar-refractivity contribution in [2.45, 2.75) is 18.5 Å². The molecule has 1 heterocycles. The van der Waals surface area contributed by atoms with Gasteiger partial charge in [0.2, 0.25) is 0 Å². The second kappa shape index (κ2) is 1.36. The summed E-state index contributed by atoms with van der Waals surface area (Å²) in [6.45, 7) is 0. The van der Waals surface area contributed by atoms with Gasteiger partial charge in [0.25, 0.3) is 5.66 Å². The monoisotopic (exact) mass is 160 g/mol. The first kappa shape index (κ1) is 6.13. The van der Waals surface area contributed by atoms with Crippen LogP contribution in [0.15, 0.2) is 0 Å². The molecule has 1 saturated heterocycles. The van der Waals surface area contributed by atoms with E-state index in [0.29, 0.717) is 23.1 Å². The number of hydrogen-bond acceptors (Lipinski definition) is 4. The Labute approximate surface area is 60.2 Å². The van der Waals surface area contributed by atoms with Crippen molar-refractivity contribution in [1.29, 1.82) is 0 Å². The highest BCUT2D eigenvalue weighted by Crippen LogP contribution is 2.57. The average molecular weight is 160 g/mol. The van der Waals surface area contributed by atoms with E-state index in [9.17, 15) is 20.2 Å². The summed E-state index contributed by atoms with van der Waals surface area (Å²) >= 11 is 0. The SMILES string of the molecule is O=[N+]([O-])N1N([N+](=O)[O-])C12CC2. The molecular weight excluding hydrogens is 156 g/mol. The summed E-state index contributed by atoms with van der Waals surface area (Å²) in [5.41, 5.74) is -0.854. The minimum atomic E-state index is -0.854. The standard InChI is InChI=1S/C3H4N4O4/c8-6(9)4-3(1-2-3)5(4)7(10)11/h1-2H2. The molecule has 0 aromatic rings. The van der Waals surface area contributed by atoms with Gasteiger partial charge < -0.3 is 0 Å². The Morgan fingerprint density at radius 1 is 1.09 bits per heavy atom. The average Bonchev–Trinajstić information content (AvgIpc) is 2.71. The highest BCUT2D eigenvalue weighted by Gasteiger charge is 2.86. The van der Waals surface area contributed by atoms with Crippen LogP contribution in [0.4, 0.5) is 0 Å². The van der Waals surface area contributed by atoms with Gasteiger partial charge in [-0.25, -0.2) is 20.2 Å². The van der Waals surface area contributed by atoms with E-state index in [1.54, 1.807) is 0 Å². The summed E-state index contributed by atoms with van der Waals surface area (Å²) < 4.78 is 0. The molecule has 2 fully saturated rings. The third kappa shape index (κ3) is 0.533. The van der Waals surface area contributed by atoms with E-state index in [-0.39, 0.29) is 0 Å². The van der Waals surface area contributed by atoms with Gasteiger partial charge in [-0.15, -0.1) is 0 Å². The molecule has 0 aromatic heterocycles. The maximum Gasteiger partial charge on any atom is 0.285 e. The Morgan fingerprint density at radius 3 is 1.55 bits per heavy atom. The van der Waals surface area contributed by atoms with Crippen molar-refractivity contribution in [2.24, 2.45) is 0 Å². The van der Waals surface area contributed by atoms with Crippen LogP contribution in [0.3, 0.4) is 0 Å². The molecule has 0 N–H and O–H groups in total. The normalized spacial score (nSPS) is 23.6. The lowest BCUT2D eigenvalue weighted by Gasteiger charge is -1.84. The molecule has 0 atom stereocenters. The molecule has 60 valence electrons. The molecule has 1 spiro atoms. The summed E-state index contributed by atoms with van der Waals surface area (Å²) in [6.07, 6.45) is 1.02. The molecule has 8 heteroatoms. The van der Waals surface area contributed by atoms with Gasteiger partial charge in [-0.2, -0.15) is 0 Å². The molecule has 8 nitrogen and oxygen atoms in total. The fourth-order valence-electron chi connectivity index (χ4n) is 1.21. The van der Waals surface area contributed by atoms with Gasteiger partial charge in [0, 0.05) is 12.8 Å². The molecule has 0 radical (unpaired) electrons. The maximum atomic E-state index is 10.1. The van der Waals surface area contributed by atoms with Crippen molar-refractivity contribution in [2.75, 3.05) is 0 Å². The smallest absolute Gasteiger partial charge is 0.233 e. The van der Waals surface area contributed by atoms with Crippen LogP contribution in [0.2, 0.25) is 0 Å². The third-order valence-corrected chi connectivity index (χ3v) is 1.89. The first-order valence-corrected chi connectivity index (χ1v) is 2.98. The molecule has 1 aliphatic heterocycles. The van der Waals surface area contributed by atoms with Crippen LogP contribution in [-0.2, 0) is 0 Å². The molecular formula is C3H4N4O4. The number of nitro groups is 2. The lowest BCUT2D eigenvalue weighted by atomic mass is 10.7. The molecule has 1 saturated carbocycles. The number of hydrazine groups is 3. The quantitative estimate of drug-likeness (QED) is 0.304. The van der Waals surface area contributed by atoms with Crippen LogP contribution in [0.1, 0.15) is 12.8 Å². The summed E-state index contributed by atoms with van der Waals surface area (Å²) in [4.78, 5) is 20.2. The van der Waals surface area contributed by atoms with Crippen molar-refractivity contribution < 1.29 is 10.1 Å². The van der Waals surface area contributed by atoms with Gasteiger partial charge >= 0.3 is 0 Å². The van der Waals surface area contributed by atoms with Crippen LogP contribution in [0.5, 0.6) is 0 Å². The summed E-state index contributed by atoms with van der Waals surface area (Å²) in [5.74, 6) is 0. The van der Waals surface area contributed by atoms with E-state index in [1.807, 2.05) is 0 Å². The van der Waals surface area contributed by atoms with Gasteiger partial charge in [-0.1, -0.05) is 0 Å². The summed E-state index contributed by atoms with van der Waals surface area (Å²) in [7, 11) is 0. The zero-order valence-electron chi connectivity index (χ0n) is 5.34. The van der Waals surface area contributed by atoms with Crippen molar-refractivity contribution in [3.05, 3.63) is 20.2 Å². The Morgan fingerprint density at radius 2 is 1.45 bits per heavy atom. The highest BCUT2D eigenvalue weighted by molar-refractivity contribution is 5.05. The first-order valence-electron chi connectivity index (χ1n) is 2.98. The predicted octanol–water partition coefficient (Wildman–Crippen LogP) is -0.607. The van der Waals surface area contributed by atoms with Crippen molar-refractivity contribution in [3.8, 4) is 0 Å². The third-order valence-electron chi connectivity index (χ3n) is 1.89. The molecule has 0 bridgehead atoms. The number of nitrogens with zero attached hydrogens (tertiary/aromatic N) is 4. The Balaban J connectivity index is 2.16. The van der Waals surface area contributed by atoms with Crippen molar-refractivity contribution in [1.82, 2.24) is 10.2 Å². The highest BCUT2D eigenvalue weighted by atomic mass is 16.8. The lowest BCUT2D eigenvalue weighted by Crippen LogP contribution is -2.18. The van der Waals surface area contributed by atoms with E-state index < -0.39 is 15.7 Å². The largest absolute Gasteiger partial charge is 0.285 e. The Hall–Kier alpha value is -1.60. The van der Waals surface area contributed by atoms with Crippen LogP contribution >= 0.6 is 0 Å². The van der Waals surface area contributed by atoms with Gasteiger partial charge in [0.05, 0.1) is 10.2 Å². The van der Waals surface area contributed by atoms with Crippen LogP contribution in [-0.4, -0.2) is 26.0 Å². The van der Waals surface area contributed by atoms with E-state index in [1.165, 1.54) is 0 Å². The minimum absolute atomic E-state index is 0.509. The summed E-state index contributed by atoms with van der Waals surface area (Å²) in [5, 5.41) is 19.9. The zero-order valence-corrected chi connectivity index (χ0v) is 5.34. The lowest BCUT2D eigenvalue weighted by molar-refractivity contribution is -0.738. The Kier molecular flexibility index (Phi) is 0.757. The second-order valence-electron chi connectivity index (χ2n) is 2.54. The fraction of sp³-hybridized carbons (Fsp3) is 1.00. The topological polar surface area (TPSA) is 92.3 Å². The zero-order chi connectivity index (χ0) is 8.22. The van der Waals surface area contributed by atoms with E-state index in [2.05, 4.69) is 0 Å². The molecule has 11 heavy (non-hydrogen) atoms. The van der Waals surface area contributed by atoms with Crippen LogP contribution in [0.25, 0.3) is 0 Å². The van der Waals surface area contributed by atoms with Gasteiger partial charge in [-0.3, -0.25) is 0 Å². The molecule has 0 unspecified atom stereocenters. The fourth-order valence-corrected chi connectivity index (χ4v) is 1.21. The van der Waals surface area contributed by atoms with Crippen molar-refractivity contribution in [3.63, 3.8) is 0 Å². The van der Waals surface area contributed by atoms with E-state index in [4.69, 9.17) is 0 Å². The molecule has 1 aliphatic carbocycles. The van der Waals surface area contributed by atoms with Gasteiger partial charge in [-0.05, 0) is 0 Å². The van der Waals surface area contributed by atoms with Crippen LogP contribution in [0, 0.1) is 20.2 Å². The molecule has 2 rings (SSSR count). The number of hydrogen-bond donors (Lipinski definition) is 0. The molecule has 2 aliphatic rings. The van der Waals surface area contributed by atoms with Gasteiger partial charge in [0.1, 0.15) is 0 Å². The minimum Gasteiger partial charge on any atom is -0.233 e. The molecule has 0 aromatic carbocycles. The number of rotatable bonds is 2. The predicted molar refractivity (Wildman–Crippen MR) is 29.6 cm³/mol. The maximum absolute atomic E-state index is 10.1. The first-order chi connectivity index (χ1) is 5.09. The van der Waals surface area contributed by atoms with E-state index in [0.717, 1.165) is 0 Å². The second-order valence-corrected chi connectivity index (χ2v) is 2.54.